The van der Waals surface area contributed by atoms with E-state index in [0.29, 0.717) is 6.42 Å². The lowest BCUT2D eigenvalue weighted by molar-refractivity contribution is -0.139. The first kappa shape index (κ1) is 20.2. The van der Waals surface area contributed by atoms with Crippen LogP contribution in [0.4, 0.5) is 5.69 Å². The third-order valence-corrected chi connectivity index (χ3v) is 5.91. The number of carbonyl (C=O) groups is 1. The van der Waals surface area contributed by atoms with Gasteiger partial charge in [-0.1, -0.05) is 25.1 Å². The Morgan fingerprint density at radius 1 is 0.964 bits per heavy atom. The van der Waals surface area contributed by atoms with Crippen molar-refractivity contribution in [3.63, 3.8) is 0 Å². The van der Waals surface area contributed by atoms with Crippen LogP contribution in [0.2, 0.25) is 0 Å². The molecule has 1 saturated heterocycles. The zero-order valence-electron chi connectivity index (χ0n) is 17.8. The number of aryl methyl sites for hydroxylation is 3. The molecule has 0 radical (unpaired) electrons. The maximum absolute atomic E-state index is 13.0. The molecule has 1 atom stereocenters. The fourth-order valence-electron chi connectivity index (χ4n) is 3.71. The highest BCUT2D eigenvalue weighted by molar-refractivity contribution is 5.81. The smallest absolute Gasteiger partial charge is 0.263 e. The van der Waals surface area contributed by atoms with Crippen LogP contribution in [0.1, 0.15) is 35.6 Å². The topological polar surface area (TPSA) is 32.8 Å². The van der Waals surface area contributed by atoms with Gasteiger partial charge in [0.15, 0.2) is 6.10 Å². The molecule has 0 spiro atoms. The standard InChI is InChI=1S/C24H32N2O2/c1-6-23(28-21-11-10-17(2)19(4)16-21)24(27)26-14-12-25(13-15-26)22-9-7-8-18(3)20(22)5/h7-11,16,23H,6,12-15H2,1-5H3/t23-/m0/s1. The molecule has 2 aromatic rings. The van der Waals surface area contributed by atoms with Crippen molar-refractivity contribution in [3.05, 3.63) is 58.7 Å². The molecule has 1 aliphatic rings. The molecule has 1 amide bonds. The highest BCUT2D eigenvalue weighted by Gasteiger charge is 2.28. The second kappa shape index (κ2) is 8.68. The molecule has 1 heterocycles. The average Bonchev–Trinajstić information content (AvgIpc) is 2.70. The van der Waals surface area contributed by atoms with E-state index in [1.54, 1.807) is 0 Å². The van der Waals surface area contributed by atoms with E-state index in [0.717, 1.165) is 31.9 Å². The predicted octanol–water partition coefficient (Wildman–Crippen LogP) is 4.43. The van der Waals surface area contributed by atoms with Gasteiger partial charge in [0.05, 0.1) is 0 Å². The Bertz CT molecular complexity index is 838. The van der Waals surface area contributed by atoms with Crippen molar-refractivity contribution in [2.24, 2.45) is 0 Å². The molecule has 0 unspecified atom stereocenters. The molecule has 0 bridgehead atoms. The van der Waals surface area contributed by atoms with Gasteiger partial charge in [-0.3, -0.25) is 4.79 Å². The van der Waals surface area contributed by atoms with Gasteiger partial charge < -0.3 is 14.5 Å². The molecule has 2 aromatic carbocycles. The van der Waals surface area contributed by atoms with Gasteiger partial charge in [-0.25, -0.2) is 0 Å². The van der Waals surface area contributed by atoms with E-state index < -0.39 is 6.10 Å². The molecule has 1 aliphatic heterocycles. The van der Waals surface area contributed by atoms with Crippen LogP contribution in [-0.2, 0) is 4.79 Å². The van der Waals surface area contributed by atoms with Crippen LogP contribution < -0.4 is 9.64 Å². The third kappa shape index (κ3) is 4.32. The van der Waals surface area contributed by atoms with Crippen molar-refractivity contribution in [2.75, 3.05) is 31.1 Å². The number of benzene rings is 2. The summed E-state index contributed by atoms with van der Waals surface area (Å²) in [6, 6.07) is 12.5. The lowest BCUT2D eigenvalue weighted by Gasteiger charge is -2.38. The Morgan fingerprint density at radius 3 is 2.32 bits per heavy atom. The molecule has 1 fully saturated rings. The first-order valence-corrected chi connectivity index (χ1v) is 10.2. The fraction of sp³-hybridized carbons (Fsp3) is 0.458. The van der Waals surface area contributed by atoms with Gasteiger partial charge in [-0.15, -0.1) is 0 Å². The first-order chi connectivity index (χ1) is 13.4. The molecular weight excluding hydrogens is 348 g/mol. The average molecular weight is 381 g/mol. The van der Waals surface area contributed by atoms with Crippen molar-refractivity contribution < 1.29 is 9.53 Å². The minimum atomic E-state index is -0.422. The Hall–Kier alpha value is -2.49. The van der Waals surface area contributed by atoms with Gasteiger partial charge in [0.25, 0.3) is 5.91 Å². The molecule has 4 heteroatoms. The SMILES string of the molecule is CC[C@H](Oc1ccc(C)c(C)c1)C(=O)N1CCN(c2cccc(C)c2C)CC1. The summed E-state index contributed by atoms with van der Waals surface area (Å²) in [6.07, 6.45) is 0.248. The van der Waals surface area contributed by atoms with E-state index in [4.69, 9.17) is 4.74 Å². The van der Waals surface area contributed by atoms with E-state index in [2.05, 4.69) is 50.8 Å². The largest absolute Gasteiger partial charge is 0.481 e. The van der Waals surface area contributed by atoms with Gasteiger partial charge in [-0.05, 0) is 74.6 Å². The minimum Gasteiger partial charge on any atom is -0.481 e. The van der Waals surface area contributed by atoms with Gasteiger partial charge >= 0.3 is 0 Å². The van der Waals surface area contributed by atoms with Gasteiger partial charge in [0.1, 0.15) is 5.75 Å². The molecule has 28 heavy (non-hydrogen) atoms. The number of carbonyl (C=O) groups excluding carboxylic acids is 1. The van der Waals surface area contributed by atoms with Crippen molar-refractivity contribution in [2.45, 2.75) is 47.1 Å². The number of hydrogen-bond donors (Lipinski definition) is 0. The van der Waals surface area contributed by atoms with Gasteiger partial charge in [-0.2, -0.15) is 0 Å². The van der Waals surface area contributed by atoms with Crippen molar-refractivity contribution in [1.82, 2.24) is 4.90 Å². The number of hydrogen-bond acceptors (Lipinski definition) is 3. The summed E-state index contributed by atoms with van der Waals surface area (Å²) in [5.74, 6) is 0.874. The molecule has 3 rings (SSSR count). The summed E-state index contributed by atoms with van der Waals surface area (Å²) in [5.41, 5.74) is 6.33. The number of amides is 1. The quantitative estimate of drug-likeness (QED) is 0.769. The molecule has 0 aliphatic carbocycles. The summed E-state index contributed by atoms with van der Waals surface area (Å²) in [5, 5.41) is 0. The Balaban J connectivity index is 1.63. The maximum atomic E-state index is 13.0. The molecule has 150 valence electrons. The molecule has 4 nitrogen and oxygen atoms in total. The summed E-state index contributed by atoms with van der Waals surface area (Å²) in [4.78, 5) is 17.4. The minimum absolute atomic E-state index is 0.0985. The highest BCUT2D eigenvalue weighted by atomic mass is 16.5. The van der Waals surface area contributed by atoms with Crippen LogP contribution in [0.3, 0.4) is 0 Å². The zero-order valence-corrected chi connectivity index (χ0v) is 17.8. The van der Waals surface area contributed by atoms with Crippen LogP contribution in [0.5, 0.6) is 5.75 Å². The maximum Gasteiger partial charge on any atom is 0.263 e. The lowest BCUT2D eigenvalue weighted by Crippen LogP contribution is -2.52. The first-order valence-electron chi connectivity index (χ1n) is 10.2. The van der Waals surface area contributed by atoms with E-state index in [9.17, 15) is 4.79 Å². The summed E-state index contributed by atoms with van der Waals surface area (Å²) < 4.78 is 6.06. The molecule has 0 aromatic heterocycles. The van der Waals surface area contributed by atoms with Crippen LogP contribution in [-0.4, -0.2) is 43.1 Å². The number of anilines is 1. The lowest BCUT2D eigenvalue weighted by atomic mass is 10.1. The summed E-state index contributed by atoms with van der Waals surface area (Å²) in [6.45, 7) is 13.7. The molecular formula is C24H32N2O2. The van der Waals surface area contributed by atoms with Crippen molar-refractivity contribution >= 4 is 11.6 Å². The van der Waals surface area contributed by atoms with E-state index in [1.165, 1.54) is 27.9 Å². The third-order valence-electron chi connectivity index (χ3n) is 5.91. The van der Waals surface area contributed by atoms with E-state index in [-0.39, 0.29) is 5.91 Å². The summed E-state index contributed by atoms with van der Waals surface area (Å²) >= 11 is 0. The number of piperazine rings is 1. The summed E-state index contributed by atoms with van der Waals surface area (Å²) in [7, 11) is 0. The van der Waals surface area contributed by atoms with Gasteiger partial charge in [0.2, 0.25) is 0 Å². The second-order valence-electron chi connectivity index (χ2n) is 7.79. The Kier molecular flexibility index (Phi) is 6.28. The molecule has 0 saturated carbocycles. The van der Waals surface area contributed by atoms with Crippen LogP contribution in [0.15, 0.2) is 36.4 Å². The van der Waals surface area contributed by atoms with Crippen molar-refractivity contribution in [3.8, 4) is 5.75 Å². The number of ether oxygens (including phenoxy) is 1. The molecule has 0 N–H and O–H groups in total. The second-order valence-corrected chi connectivity index (χ2v) is 7.79. The van der Waals surface area contributed by atoms with E-state index >= 15 is 0 Å². The normalized spacial score (nSPS) is 15.5. The Labute approximate surface area is 169 Å². The predicted molar refractivity (Wildman–Crippen MR) is 115 cm³/mol. The van der Waals surface area contributed by atoms with Crippen LogP contribution >= 0.6 is 0 Å². The van der Waals surface area contributed by atoms with Gasteiger partial charge in [0, 0.05) is 31.9 Å². The Morgan fingerprint density at radius 2 is 1.68 bits per heavy atom. The van der Waals surface area contributed by atoms with E-state index in [1.807, 2.05) is 30.0 Å². The zero-order chi connectivity index (χ0) is 20.3. The number of rotatable bonds is 5. The highest BCUT2D eigenvalue weighted by Crippen LogP contribution is 2.24. The van der Waals surface area contributed by atoms with Crippen LogP contribution in [0, 0.1) is 27.7 Å². The fourth-order valence-corrected chi connectivity index (χ4v) is 3.71. The van der Waals surface area contributed by atoms with Crippen molar-refractivity contribution in [1.29, 1.82) is 0 Å². The van der Waals surface area contributed by atoms with Crippen LogP contribution in [0.25, 0.3) is 0 Å². The number of nitrogens with zero attached hydrogens (tertiary/aromatic N) is 2. The monoisotopic (exact) mass is 380 g/mol.